The first-order valence-corrected chi connectivity index (χ1v) is 5.70. The standard InChI is InChI=1S/C10H15N3O5/c11-6(10(16)17)1-2-8(14)13-3-5-7(4-13)18-12-9(5)15/h5-7H,1-4,11H2,(H,12,15)(H,16,17)/t5-,6+,7+/m0/s1. The van der Waals surface area contributed by atoms with Crippen molar-refractivity contribution in [2.24, 2.45) is 11.7 Å². The normalized spacial score (nSPS) is 27.8. The number of carboxylic acid groups (broad SMARTS) is 1. The first-order chi connectivity index (χ1) is 8.49. The Morgan fingerprint density at radius 3 is 2.89 bits per heavy atom. The van der Waals surface area contributed by atoms with Crippen LogP contribution < -0.4 is 11.2 Å². The summed E-state index contributed by atoms with van der Waals surface area (Å²) in [5.74, 6) is -1.85. The number of rotatable bonds is 4. The van der Waals surface area contributed by atoms with Gasteiger partial charge in [-0.3, -0.25) is 19.2 Å². The number of carboxylic acids is 1. The van der Waals surface area contributed by atoms with Crippen LogP contribution in [0.4, 0.5) is 0 Å². The third-order valence-corrected chi connectivity index (χ3v) is 3.25. The number of aliphatic carboxylic acids is 1. The van der Waals surface area contributed by atoms with E-state index in [0.717, 1.165) is 0 Å². The predicted molar refractivity (Wildman–Crippen MR) is 57.9 cm³/mol. The fourth-order valence-electron chi connectivity index (χ4n) is 2.12. The summed E-state index contributed by atoms with van der Waals surface area (Å²) in [6, 6.07) is -1.03. The fraction of sp³-hybridized carbons (Fsp3) is 0.700. The van der Waals surface area contributed by atoms with Crippen LogP contribution >= 0.6 is 0 Å². The molecular formula is C10H15N3O5. The van der Waals surface area contributed by atoms with Gasteiger partial charge < -0.3 is 15.7 Å². The Balaban J connectivity index is 1.81. The minimum atomic E-state index is -1.12. The summed E-state index contributed by atoms with van der Waals surface area (Å²) >= 11 is 0. The van der Waals surface area contributed by atoms with Crippen LogP contribution in [0.3, 0.4) is 0 Å². The molecule has 3 atom stereocenters. The second-order valence-electron chi connectivity index (χ2n) is 4.51. The third kappa shape index (κ3) is 2.44. The average Bonchev–Trinajstić information content (AvgIpc) is 2.88. The summed E-state index contributed by atoms with van der Waals surface area (Å²) in [7, 11) is 0. The van der Waals surface area contributed by atoms with Gasteiger partial charge in [-0.05, 0) is 6.42 Å². The highest BCUT2D eigenvalue weighted by Gasteiger charge is 2.45. The van der Waals surface area contributed by atoms with E-state index in [0.29, 0.717) is 13.1 Å². The van der Waals surface area contributed by atoms with Crippen LogP contribution in [0.15, 0.2) is 0 Å². The molecule has 4 N–H and O–H groups in total. The van der Waals surface area contributed by atoms with Gasteiger partial charge in [-0.1, -0.05) is 0 Å². The van der Waals surface area contributed by atoms with Gasteiger partial charge in [-0.2, -0.15) is 0 Å². The molecule has 0 unspecified atom stereocenters. The van der Waals surface area contributed by atoms with E-state index in [1.165, 1.54) is 4.90 Å². The minimum Gasteiger partial charge on any atom is -0.480 e. The van der Waals surface area contributed by atoms with Crippen LogP contribution in [0.5, 0.6) is 0 Å². The summed E-state index contributed by atoms with van der Waals surface area (Å²) in [6.07, 6.45) is -0.142. The molecule has 0 aliphatic carbocycles. The number of hydroxylamine groups is 1. The van der Waals surface area contributed by atoms with Crippen LogP contribution in [0.25, 0.3) is 0 Å². The molecule has 0 radical (unpaired) electrons. The summed E-state index contributed by atoms with van der Waals surface area (Å²) in [6.45, 7) is 0.669. The van der Waals surface area contributed by atoms with Crippen LogP contribution in [-0.2, 0) is 19.2 Å². The van der Waals surface area contributed by atoms with Crippen LogP contribution in [-0.4, -0.2) is 53.0 Å². The number of fused-ring (bicyclic) bond motifs is 1. The first kappa shape index (κ1) is 12.8. The summed E-state index contributed by atoms with van der Waals surface area (Å²) in [5, 5.41) is 8.60. The zero-order chi connectivity index (χ0) is 13.3. The minimum absolute atomic E-state index is 0.0640. The SMILES string of the molecule is N[C@H](CCC(=O)N1C[C@@H]2C(=O)NO[C@@H]2C1)C(=O)O. The lowest BCUT2D eigenvalue weighted by Crippen LogP contribution is -2.36. The molecule has 2 heterocycles. The quantitative estimate of drug-likeness (QED) is 0.539. The van der Waals surface area contributed by atoms with E-state index in [1.807, 2.05) is 0 Å². The van der Waals surface area contributed by atoms with Crippen molar-refractivity contribution in [1.82, 2.24) is 10.4 Å². The molecular weight excluding hydrogens is 242 g/mol. The van der Waals surface area contributed by atoms with Gasteiger partial charge in [0.25, 0.3) is 5.91 Å². The van der Waals surface area contributed by atoms with Crippen molar-refractivity contribution in [1.29, 1.82) is 0 Å². The van der Waals surface area contributed by atoms with Crippen molar-refractivity contribution in [2.75, 3.05) is 13.1 Å². The zero-order valence-corrected chi connectivity index (χ0v) is 9.67. The average molecular weight is 257 g/mol. The Hall–Kier alpha value is -1.67. The van der Waals surface area contributed by atoms with Crippen molar-refractivity contribution >= 4 is 17.8 Å². The lowest BCUT2D eigenvalue weighted by atomic mass is 10.1. The third-order valence-electron chi connectivity index (χ3n) is 3.25. The molecule has 100 valence electrons. The molecule has 18 heavy (non-hydrogen) atoms. The van der Waals surface area contributed by atoms with Crippen molar-refractivity contribution in [3.63, 3.8) is 0 Å². The van der Waals surface area contributed by atoms with Crippen molar-refractivity contribution in [3.8, 4) is 0 Å². The number of hydrogen-bond donors (Lipinski definition) is 3. The van der Waals surface area contributed by atoms with E-state index in [9.17, 15) is 14.4 Å². The second kappa shape index (κ2) is 4.91. The van der Waals surface area contributed by atoms with Gasteiger partial charge in [0.15, 0.2) is 0 Å². The van der Waals surface area contributed by atoms with Gasteiger partial charge in [-0.25, -0.2) is 5.48 Å². The summed E-state index contributed by atoms with van der Waals surface area (Å²) < 4.78 is 0. The number of nitrogens with one attached hydrogen (secondary N) is 1. The van der Waals surface area contributed by atoms with Gasteiger partial charge >= 0.3 is 5.97 Å². The number of amides is 2. The maximum Gasteiger partial charge on any atom is 0.320 e. The fourth-order valence-corrected chi connectivity index (χ4v) is 2.12. The van der Waals surface area contributed by atoms with Crippen molar-refractivity contribution in [3.05, 3.63) is 0 Å². The number of nitrogens with zero attached hydrogens (tertiary/aromatic N) is 1. The van der Waals surface area contributed by atoms with Gasteiger partial charge in [0, 0.05) is 13.0 Å². The molecule has 2 saturated heterocycles. The number of nitrogens with two attached hydrogens (primary N) is 1. The number of carbonyl (C=O) groups is 3. The summed E-state index contributed by atoms with van der Waals surface area (Å²) in [4.78, 5) is 40.2. The Morgan fingerprint density at radius 1 is 1.56 bits per heavy atom. The maximum absolute atomic E-state index is 11.8. The van der Waals surface area contributed by atoms with Gasteiger partial charge in [0.1, 0.15) is 12.1 Å². The molecule has 2 aliphatic rings. The van der Waals surface area contributed by atoms with E-state index in [1.54, 1.807) is 0 Å². The van der Waals surface area contributed by atoms with E-state index in [4.69, 9.17) is 15.7 Å². The second-order valence-corrected chi connectivity index (χ2v) is 4.51. The lowest BCUT2D eigenvalue weighted by Gasteiger charge is -2.17. The lowest BCUT2D eigenvalue weighted by molar-refractivity contribution is -0.139. The van der Waals surface area contributed by atoms with Gasteiger partial charge in [-0.15, -0.1) is 0 Å². The monoisotopic (exact) mass is 257 g/mol. The molecule has 0 aromatic carbocycles. The van der Waals surface area contributed by atoms with E-state index in [-0.39, 0.29) is 36.7 Å². The van der Waals surface area contributed by atoms with Gasteiger partial charge in [0.2, 0.25) is 5.91 Å². The van der Waals surface area contributed by atoms with Gasteiger partial charge in [0.05, 0.1) is 12.5 Å². The van der Waals surface area contributed by atoms with Crippen LogP contribution in [0, 0.1) is 5.92 Å². The number of carbonyl (C=O) groups excluding carboxylic acids is 2. The zero-order valence-electron chi connectivity index (χ0n) is 9.67. The van der Waals surface area contributed by atoms with E-state index < -0.39 is 12.0 Å². The highest BCUT2D eigenvalue weighted by atomic mass is 16.7. The molecule has 2 amide bonds. The molecule has 2 aliphatic heterocycles. The molecule has 8 nitrogen and oxygen atoms in total. The molecule has 0 aromatic heterocycles. The van der Waals surface area contributed by atoms with Crippen LogP contribution in [0.2, 0.25) is 0 Å². The van der Waals surface area contributed by atoms with E-state index in [2.05, 4.69) is 5.48 Å². The molecule has 0 saturated carbocycles. The largest absolute Gasteiger partial charge is 0.480 e. The Kier molecular flexibility index (Phi) is 3.48. The Bertz CT molecular complexity index is 386. The van der Waals surface area contributed by atoms with Crippen molar-refractivity contribution < 1.29 is 24.3 Å². The molecule has 2 rings (SSSR count). The summed E-state index contributed by atoms with van der Waals surface area (Å²) in [5.41, 5.74) is 7.59. The first-order valence-electron chi connectivity index (χ1n) is 5.70. The Labute approximate surface area is 103 Å². The number of hydrogen-bond acceptors (Lipinski definition) is 5. The predicted octanol–water partition coefficient (Wildman–Crippen LogP) is -1.93. The van der Waals surface area contributed by atoms with Crippen molar-refractivity contribution in [2.45, 2.75) is 25.0 Å². The van der Waals surface area contributed by atoms with E-state index >= 15 is 0 Å². The molecule has 0 bridgehead atoms. The topological polar surface area (TPSA) is 122 Å². The molecule has 8 heteroatoms. The highest BCUT2D eigenvalue weighted by Crippen LogP contribution is 2.24. The molecule has 0 aromatic rings. The number of likely N-dealkylation sites (tertiary alicyclic amines) is 1. The smallest absolute Gasteiger partial charge is 0.320 e. The highest BCUT2D eigenvalue weighted by molar-refractivity contribution is 5.83. The van der Waals surface area contributed by atoms with Crippen LogP contribution in [0.1, 0.15) is 12.8 Å². The maximum atomic E-state index is 11.8. The molecule has 0 spiro atoms. The Morgan fingerprint density at radius 2 is 2.28 bits per heavy atom. The molecule has 2 fully saturated rings.